The van der Waals surface area contributed by atoms with Gasteiger partial charge in [0.05, 0.1) is 24.8 Å². The van der Waals surface area contributed by atoms with Crippen molar-refractivity contribution in [2.75, 3.05) is 18.1 Å². The smallest absolute Gasteiger partial charge is 0.387 e. The molecule has 1 aliphatic heterocycles. The van der Waals surface area contributed by atoms with Crippen LogP contribution in [0.25, 0.3) is 22.3 Å². The van der Waals surface area contributed by atoms with Crippen LogP contribution in [0.15, 0.2) is 23.6 Å². The van der Waals surface area contributed by atoms with E-state index >= 15 is 0 Å². The van der Waals surface area contributed by atoms with E-state index in [-0.39, 0.29) is 39.8 Å². The summed E-state index contributed by atoms with van der Waals surface area (Å²) in [6.07, 6.45) is -3.29. The summed E-state index contributed by atoms with van der Waals surface area (Å²) in [7, 11) is -23.6. The Bertz CT molecular complexity index is 2110. The van der Waals surface area contributed by atoms with Crippen LogP contribution in [0, 0.1) is 0 Å². The number of imidazole rings is 1. The van der Waals surface area contributed by atoms with Gasteiger partial charge in [-0.3, -0.25) is 23.4 Å². The van der Waals surface area contributed by atoms with Crippen LogP contribution >= 0.6 is 31.3 Å². The summed E-state index contributed by atoms with van der Waals surface area (Å²) in [6, 6.07) is 0. The first-order chi connectivity index (χ1) is 22.2. The number of nitrogens with one attached hydrogen (secondary N) is 1. The second kappa shape index (κ2) is 13.3. The molecule has 5 heterocycles. The lowest BCUT2D eigenvalue weighted by atomic mass is 10.1. The second-order valence-electron chi connectivity index (χ2n) is 9.30. The zero-order valence-corrected chi connectivity index (χ0v) is 26.8. The van der Waals surface area contributed by atoms with Crippen LogP contribution in [0.4, 0.5) is 11.8 Å². The van der Waals surface area contributed by atoms with Crippen molar-refractivity contribution < 1.29 is 74.8 Å². The first-order valence-electron chi connectivity index (χ1n) is 12.4. The zero-order chi connectivity index (χ0) is 35.2. The van der Waals surface area contributed by atoms with Crippen LogP contribution in [0.2, 0.25) is 0 Å². The fraction of sp³-hybridized carbons (Fsp3) is 0.353. The van der Waals surface area contributed by atoms with Crippen LogP contribution in [0.1, 0.15) is 11.9 Å². The van der Waals surface area contributed by atoms with Crippen molar-refractivity contribution in [1.29, 1.82) is 0 Å². The fourth-order valence-electron chi connectivity index (χ4n) is 3.98. The Balaban J connectivity index is 1.16. The van der Waals surface area contributed by atoms with Gasteiger partial charge in [0, 0.05) is 0 Å². The van der Waals surface area contributed by atoms with E-state index in [0.717, 1.165) is 18.9 Å². The minimum atomic E-state index is -6.14. The molecule has 4 unspecified atom stereocenters. The number of phosphoric ester groups is 2. The third-order valence-electron chi connectivity index (χ3n) is 5.88. The van der Waals surface area contributed by atoms with Crippen molar-refractivity contribution in [3.05, 3.63) is 34.9 Å². The fourth-order valence-corrected chi connectivity index (χ4v) is 8.89. The number of nitrogen functional groups attached to an aromatic ring is 2. The average Bonchev–Trinajstić information content (AvgIpc) is 3.50. The summed E-state index contributed by atoms with van der Waals surface area (Å²) >= 11 is 0. The number of hydrogen-bond acceptors (Lipinski definition) is 21. The predicted octanol–water partition coefficient (Wildman–Crippen LogP) is -1.68. The number of aliphatic hydroxyl groups excluding tert-OH is 2. The highest BCUT2D eigenvalue weighted by atomic mass is 31.3. The third-order valence-corrected chi connectivity index (χ3v) is 11.8. The molecule has 0 radical (unpaired) electrons. The molecule has 31 heteroatoms. The van der Waals surface area contributed by atoms with Crippen molar-refractivity contribution in [2.45, 2.75) is 31.1 Å². The first-order valence-corrected chi connectivity index (χ1v) is 18.4. The maximum absolute atomic E-state index is 12.3. The molecule has 1 aliphatic rings. The Morgan fingerprint density at radius 2 is 1.50 bits per heavy atom. The monoisotopic (exact) mass is 762 g/mol. The average molecular weight is 762 g/mol. The van der Waals surface area contributed by atoms with Gasteiger partial charge < -0.3 is 46.0 Å². The summed E-state index contributed by atoms with van der Waals surface area (Å²) in [4.78, 5) is 76.2. The summed E-state index contributed by atoms with van der Waals surface area (Å²) in [5, 5.41) is 20.8. The number of phosphoric acid groups is 4. The van der Waals surface area contributed by atoms with Crippen LogP contribution < -0.4 is 17.0 Å². The van der Waals surface area contributed by atoms with Gasteiger partial charge in [-0.2, -0.15) is 17.9 Å². The number of nitrogens with two attached hydrogens (primary N) is 2. The molecule has 0 spiro atoms. The van der Waals surface area contributed by atoms with Crippen molar-refractivity contribution >= 4 is 65.4 Å². The predicted molar refractivity (Wildman–Crippen MR) is 151 cm³/mol. The topological polar surface area (TPSA) is 412 Å². The molecule has 27 nitrogen and oxygen atoms in total. The molecule has 0 saturated carbocycles. The number of rotatable bonds is 13. The molecule has 262 valence electrons. The molecule has 5 rings (SSSR count). The van der Waals surface area contributed by atoms with Crippen molar-refractivity contribution in [2.24, 2.45) is 0 Å². The molecule has 4 aromatic heterocycles. The van der Waals surface area contributed by atoms with Gasteiger partial charge in [-0.15, -0.1) is 0 Å². The summed E-state index contributed by atoms with van der Waals surface area (Å²) in [6.45, 7) is -2.08. The van der Waals surface area contributed by atoms with Gasteiger partial charge in [-0.05, 0) is 0 Å². The normalized spacial score (nSPS) is 25.0. The molecule has 0 aromatic carbocycles. The maximum Gasteiger partial charge on any atom is 0.490 e. The molecule has 8 atom stereocenters. The number of anilines is 2. The Morgan fingerprint density at radius 1 is 0.854 bits per heavy atom. The number of hydrogen-bond donors (Lipinski definition) is 9. The van der Waals surface area contributed by atoms with Gasteiger partial charge in [0.15, 0.2) is 28.9 Å². The van der Waals surface area contributed by atoms with E-state index in [9.17, 15) is 52.8 Å². The standard InChI is InChI=1S/C17H22N10O17P4/c18-12-8-14(22-4-21-12)27(5-23-8)16-11(29)10(28)7(41-16)3-40-46(33,34)43-48(37,38)44-47(35,36)42-45(31,32)39-2-6-1-20-13-9(24-6)15(30)26-17(19)25-13/h1,4-5,7,10-11,16,28-29H,2-3H2,(H,31,32)(H,33,34)(H,35,36)(H,37,38)(H2,18,21,22)(H3,19,20,25,26,30)/t7-,10-,11-,16-/m1/s1. The Labute approximate surface area is 263 Å². The van der Waals surface area contributed by atoms with Crippen LogP contribution in [0.5, 0.6) is 0 Å². The molecule has 1 fully saturated rings. The molecule has 1 saturated heterocycles. The zero-order valence-electron chi connectivity index (χ0n) is 23.2. The van der Waals surface area contributed by atoms with E-state index < -0.39 is 74.6 Å². The van der Waals surface area contributed by atoms with Gasteiger partial charge in [-0.25, -0.2) is 43.2 Å². The number of fused-ring (bicyclic) bond motifs is 2. The third kappa shape index (κ3) is 8.33. The molecule has 4 aromatic rings. The van der Waals surface area contributed by atoms with Crippen LogP contribution in [-0.2, 0) is 51.6 Å². The molecule has 48 heavy (non-hydrogen) atoms. The van der Waals surface area contributed by atoms with Gasteiger partial charge in [-0.1, -0.05) is 0 Å². The van der Waals surface area contributed by atoms with Crippen molar-refractivity contribution in [3.8, 4) is 0 Å². The quantitative estimate of drug-likeness (QED) is 0.0687. The van der Waals surface area contributed by atoms with E-state index in [1.807, 2.05) is 0 Å². The van der Waals surface area contributed by atoms with E-state index in [0.29, 0.717) is 0 Å². The van der Waals surface area contributed by atoms with Crippen molar-refractivity contribution in [1.82, 2.24) is 39.5 Å². The van der Waals surface area contributed by atoms with Crippen molar-refractivity contribution in [3.63, 3.8) is 0 Å². The van der Waals surface area contributed by atoms with Gasteiger partial charge in [0.2, 0.25) is 5.95 Å². The lowest BCUT2D eigenvalue weighted by molar-refractivity contribution is -0.0503. The second-order valence-corrected chi connectivity index (χ2v) is 15.5. The molecule has 11 N–H and O–H groups in total. The SMILES string of the molecule is Nc1nc2ncc(COP(=O)(O)OP(=O)(O)OP(=O)(O)OP(=O)(O)OC[C@H]3O[C@@H](n4cnc5c(N)ncnc54)[C@H](O)[C@@H]3O)nc2c(=O)[nH]1. The van der Waals surface area contributed by atoms with Gasteiger partial charge in [0.1, 0.15) is 36.8 Å². The first kappa shape index (κ1) is 36.1. The van der Waals surface area contributed by atoms with E-state index in [2.05, 4.69) is 56.9 Å². The lowest BCUT2D eigenvalue weighted by Gasteiger charge is -2.20. The number of H-pyrrole nitrogens is 1. The number of aromatic amines is 1. The number of ether oxygens (including phenoxy) is 1. The maximum atomic E-state index is 12.3. The number of aliphatic hydroxyl groups is 2. The Kier molecular flexibility index (Phi) is 9.97. The molecular weight excluding hydrogens is 740 g/mol. The molecular formula is C17H22N10O17P4. The van der Waals surface area contributed by atoms with Crippen LogP contribution in [-0.4, -0.2) is 94.2 Å². The summed E-state index contributed by atoms with van der Waals surface area (Å²) in [5.41, 5.74) is 9.63. The van der Waals surface area contributed by atoms with E-state index in [1.54, 1.807) is 0 Å². The van der Waals surface area contributed by atoms with E-state index in [4.69, 9.17) is 16.2 Å². The Morgan fingerprint density at radius 3 is 2.19 bits per heavy atom. The highest BCUT2D eigenvalue weighted by molar-refractivity contribution is 7.69. The molecule has 0 aliphatic carbocycles. The largest absolute Gasteiger partial charge is 0.490 e. The molecule has 0 amide bonds. The van der Waals surface area contributed by atoms with Gasteiger partial charge in [0.25, 0.3) is 5.56 Å². The lowest BCUT2D eigenvalue weighted by Crippen LogP contribution is -2.33. The minimum Gasteiger partial charge on any atom is -0.387 e. The number of aromatic nitrogens is 8. The van der Waals surface area contributed by atoms with Crippen LogP contribution in [0.3, 0.4) is 0 Å². The Hall–Kier alpha value is -3.19. The highest BCUT2D eigenvalue weighted by Crippen LogP contribution is 2.71. The highest BCUT2D eigenvalue weighted by Gasteiger charge is 2.48. The van der Waals surface area contributed by atoms with E-state index in [1.165, 1.54) is 4.57 Å². The van der Waals surface area contributed by atoms with Gasteiger partial charge >= 0.3 is 31.3 Å². The number of nitrogens with zero attached hydrogens (tertiary/aromatic N) is 7. The minimum absolute atomic E-state index is 0.00732. The molecule has 0 bridgehead atoms. The summed E-state index contributed by atoms with van der Waals surface area (Å²) in [5.74, 6) is -0.280. The summed E-state index contributed by atoms with van der Waals surface area (Å²) < 4.78 is 76.1.